The van der Waals surface area contributed by atoms with E-state index in [1.54, 1.807) is 12.1 Å². The van der Waals surface area contributed by atoms with Gasteiger partial charge in [-0.05, 0) is 74.4 Å². The molecule has 0 spiro atoms. The second kappa shape index (κ2) is 7.90. The minimum Gasteiger partial charge on any atom is -0.493 e. The van der Waals surface area contributed by atoms with Gasteiger partial charge in [0, 0.05) is 17.2 Å². The Morgan fingerprint density at radius 1 is 1.00 bits per heavy atom. The van der Waals surface area contributed by atoms with Crippen LogP contribution >= 0.6 is 0 Å². The van der Waals surface area contributed by atoms with Gasteiger partial charge in [-0.15, -0.1) is 0 Å². The van der Waals surface area contributed by atoms with E-state index in [9.17, 15) is 14.9 Å². The van der Waals surface area contributed by atoms with Crippen molar-refractivity contribution in [3.8, 4) is 11.8 Å². The number of hydrogen-bond acceptors (Lipinski definition) is 5. The molecule has 0 saturated carbocycles. The van der Waals surface area contributed by atoms with E-state index < -0.39 is 23.0 Å². The van der Waals surface area contributed by atoms with Gasteiger partial charge >= 0.3 is 0 Å². The summed E-state index contributed by atoms with van der Waals surface area (Å²) in [4.78, 5) is 29.2. The lowest BCUT2D eigenvalue weighted by molar-refractivity contribution is -0.131. The molecule has 3 saturated heterocycles. The molecule has 186 valence electrons. The summed E-state index contributed by atoms with van der Waals surface area (Å²) >= 11 is 0. The third kappa shape index (κ3) is 3.13. The molecule has 2 amide bonds. The molecule has 3 aromatic carbocycles. The van der Waals surface area contributed by atoms with Crippen molar-refractivity contribution in [2.75, 3.05) is 11.5 Å². The number of rotatable bonds is 5. The zero-order valence-electron chi connectivity index (χ0n) is 20.8. The van der Waals surface area contributed by atoms with E-state index in [0.717, 1.165) is 42.2 Å². The zero-order valence-corrected chi connectivity index (χ0v) is 20.8. The van der Waals surface area contributed by atoms with Crippen LogP contribution in [0.4, 0.5) is 5.69 Å². The Bertz CT molecular complexity index is 1520. The molecule has 3 fully saturated rings. The van der Waals surface area contributed by atoms with Crippen LogP contribution in [-0.2, 0) is 27.2 Å². The first-order valence-electron chi connectivity index (χ1n) is 13.2. The number of imide groups is 1. The van der Waals surface area contributed by atoms with Crippen LogP contribution in [0.2, 0.25) is 0 Å². The highest BCUT2D eigenvalue weighted by Gasteiger charge is 2.73. The highest BCUT2D eigenvalue weighted by molar-refractivity contribution is 6.26. The van der Waals surface area contributed by atoms with Crippen LogP contribution in [-0.4, -0.2) is 29.6 Å². The quantitative estimate of drug-likeness (QED) is 0.463. The van der Waals surface area contributed by atoms with Crippen molar-refractivity contribution in [1.82, 2.24) is 0 Å². The fourth-order valence-electron chi connectivity index (χ4n) is 7.40. The van der Waals surface area contributed by atoms with Crippen LogP contribution in [0.1, 0.15) is 49.3 Å². The highest BCUT2D eigenvalue weighted by atomic mass is 16.5. The van der Waals surface area contributed by atoms with Gasteiger partial charge in [0.2, 0.25) is 11.8 Å². The van der Waals surface area contributed by atoms with Crippen molar-refractivity contribution in [1.29, 1.82) is 5.26 Å². The first-order valence-corrected chi connectivity index (χ1v) is 13.2. The number of benzene rings is 3. The number of aryl methyl sites for hydroxylation is 2. The Morgan fingerprint density at radius 2 is 1.78 bits per heavy atom. The summed E-state index contributed by atoms with van der Waals surface area (Å²) in [5, 5.41) is 11.0. The number of anilines is 1. The standard InChI is InChI=1S/C31H28N2O4/c1-30-13-14-31(37-30,15-16-36-22-11-9-19-5-4-6-20(19)17-22)27-26(30)28(34)33(29(27)35)25-12-10-21(18-32)23-7-2-3-8-24(23)25/h2-3,7-12,17,26-27H,4-6,13-16H2,1H3/t26-,27+,30-,31-/m1/s1. The smallest absolute Gasteiger partial charge is 0.240 e. The van der Waals surface area contributed by atoms with Crippen molar-refractivity contribution < 1.29 is 19.1 Å². The summed E-state index contributed by atoms with van der Waals surface area (Å²) in [6.45, 7) is 2.41. The molecular formula is C31H28N2O4. The van der Waals surface area contributed by atoms with Gasteiger partial charge in [0.25, 0.3) is 0 Å². The summed E-state index contributed by atoms with van der Waals surface area (Å²) in [5.41, 5.74) is 2.47. The number of nitrogens with zero attached hydrogens (tertiary/aromatic N) is 2. The molecule has 6 nitrogen and oxygen atoms in total. The number of carbonyl (C=O) groups is 2. The maximum absolute atomic E-state index is 14.0. The third-order valence-electron chi connectivity index (χ3n) is 9.14. The van der Waals surface area contributed by atoms with E-state index in [-0.39, 0.29) is 11.8 Å². The molecular weight excluding hydrogens is 464 g/mol. The molecule has 0 radical (unpaired) electrons. The van der Waals surface area contributed by atoms with Gasteiger partial charge in [0.05, 0.1) is 47.0 Å². The zero-order chi connectivity index (χ0) is 25.4. The molecule has 37 heavy (non-hydrogen) atoms. The molecule has 3 aliphatic heterocycles. The molecule has 3 heterocycles. The maximum atomic E-state index is 14.0. The molecule has 4 atom stereocenters. The predicted molar refractivity (Wildman–Crippen MR) is 138 cm³/mol. The van der Waals surface area contributed by atoms with Crippen LogP contribution in [0.15, 0.2) is 54.6 Å². The lowest BCUT2D eigenvalue weighted by Gasteiger charge is -2.31. The molecule has 2 bridgehead atoms. The normalized spacial score (nSPS) is 29.6. The summed E-state index contributed by atoms with van der Waals surface area (Å²) in [6.07, 6.45) is 5.46. The third-order valence-corrected chi connectivity index (χ3v) is 9.14. The van der Waals surface area contributed by atoms with E-state index in [1.807, 2.05) is 37.3 Å². The van der Waals surface area contributed by atoms with Gasteiger partial charge in [-0.1, -0.05) is 30.3 Å². The van der Waals surface area contributed by atoms with Crippen molar-refractivity contribution in [2.24, 2.45) is 11.8 Å². The van der Waals surface area contributed by atoms with Crippen molar-refractivity contribution in [2.45, 2.75) is 56.7 Å². The Kier molecular flexibility index (Phi) is 4.81. The molecule has 0 N–H and O–H groups in total. The van der Waals surface area contributed by atoms with E-state index in [1.165, 1.54) is 22.4 Å². The molecule has 6 heteroatoms. The van der Waals surface area contributed by atoms with Gasteiger partial charge in [-0.2, -0.15) is 5.26 Å². The van der Waals surface area contributed by atoms with Gasteiger partial charge in [-0.25, -0.2) is 4.90 Å². The number of ether oxygens (including phenoxy) is 2. The van der Waals surface area contributed by atoms with Crippen LogP contribution in [0.25, 0.3) is 10.8 Å². The Labute approximate surface area is 215 Å². The Hall–Kier alpha value is -3.69. The summed E-state index contributed by atoms with van der Waals surface area (Å²) in [6, 6.07) is 19.4. The first-order chi connectivity index (χ1) is 17.9. The fourth-order valence-corrected chi connectivity index (χ4v) is 7.40. The van der Waals surface area contributed by atoms with Crippen molar-refractivity contribution >= 4 is 28.3 Å². The van der Waals surface area contributed by atoms with Crippen LogP contribution < -0.4 is 9.64 Å². The molecule has 3 aromatic rings. The van der Waals surface area contributed by atoms with E-state index >= 15 is 0 Å². The van der Waals surface area contributed by atoms with Gasteiger partial charge in [0.1, 0.15) is 5.75 Å². The first kappa shape index (κ1) is 22.5. The second-order valence-corrected chi connectivity index (χ2v) is 11.1. The van der Waals surface area contributed by atoms with Crippen LogP contribution in [0.5, 0.6) is 5.75 Å². The molecule has 0 aromatic heterocycles. The average molecular weight is 493 g/mol. The number of fused-ring (bicyclic) bond motifs is 7. The number of hydrogen-bond donors (Lipinski definition) is 0. The number of carbonyl (C=O) groups excluding carboxylic acids is 2. The predicted octanol–water partition coefficient (Wildman–Crippen LogP) is 5.10. The van der Waals surface area contributed by atoms with Crippen LogP contribution in [0, 0.1) is 23.2 Å². The lowest BCUT2D eigenvalue weighted by Crippen LogP contribution is -2.43. The summed E-state index contributed by atoms with van der Waals surface area (Å²) in [5.74, 6) is -0.592. The minimum absolute atomic E-state index is 0.200. The number of amides is 2. The summed E-state index contributed by atoms with van der Waals surface area (Å²) < 4.78 is 12.7. The van der Waals surface area contributed by atoms with E-state index in [2.05, 4.69) is 18.2 Å². The molecule has 1 aliphatic carbocycles. The van der Waals surface area contributed by atoms with Gasteiger partial charge < -0.3 is 9.47 Å². The highest BCUT2D eigenvalue weighted by Crippen LogP contribution is 2.62. The Balaban J connectivity index is 1.19. The van der Waals surface area contributed by atoms with Gasteiger partial charge in [-0.3, -0.25) is 9.59 Å². The van der Waals surface area contributed by atoms with Gasteiger partial charge in [0.15, 0.2) is 0 Å². The maximum Gasteiger partial charge on any atom is 0.240 e. The molecule has 7 rings (SSSR count). The summed E-state index contributed by atoms with van der Waals surface area (Å²) in [7, 11) is 0. The molecule has 0 unspecified atom stereocenters. The fraction of sp³-hybridized carbons (Fsp3) is 0.387. The topological polar surface area (TPSA) is 79.6 Å². The SMILES string of the molecule is C[C@]12CC[C@](CCOc3ccc4c(c3)CCC4)(O1)[C@@H]1C(=O)N(c3ccc(C#N)c4ccccc34)C(=O)[C@@H]12. The Morgan fingerprint density at radius 3 is 2.62 bits per heavy atom. The monoisotopic (exact) mass is 492 g/mol. The number of nitriles is 1. The average Bonchev–Trinajstić information content (AvgIpc) is 3.63. The molecule has 4 aliphatic rings. The van der Waals surface area contributed by atoms with Crippen molar-refractivity contribution in [3.05, 3.63) is 71.3 Å². The van der Waals surface area contributed by atoms with E-state index in [0.29, 0.717) is 24.3 Å². The lowest BCUT2D eigenvalue weighted by atomic mass is 9.67. The second-order valence-electron chi connectivity index (χ2n) is 11.1. The van der Waals surface area contributed by atoms with Crippen LogP contribution in [0.3, 0.4) is 0 Å². The largest absolute Gasteiger partial charge is 0.493 e. The minimum atomic E-state index is -0.708. The van der Waals surface area contributed by atoms with E-state index in [4.69, 9.17) is 9.47 Å². The van der Waals surface area contributed by atoms with Crippen molar-refractivity contribution in [3.63, 3.8) is 0 Å².